The molecule has 0 heterocycles. The van der Waals surface area contributed by atoms with E-state index in [4.69, 9.17) is 11.6 Å². The molecule has 220 valence electrons. The summed E-state index contributed by atoms with van der Waals surface area (Å²) in [6.45, 7) is 3.94. The monoisotopic (exact) mass is 601 g/mol. The predicted octanol–water partition coefficient (Wildman–Crippen LogP) is 5.58. The Morgan fingerprint density at radius 3 is 2.20 bits per heavy atom. The van der Waals surface area contributed by atoms with Crippen molar-refractivity contribution in [2.45, 2.75) is 58.2 Å². The number of halogens is 2. The fourth-order valence-electron chi connectivity index (χ4n) is 4.42. The molecule has 0 spiro atoms. The van der Waals surface area contributed by atoms with Crippen LogP contribution in [0.4, 0.5) is 10.1 Å². The van der Waals surface area contributed by atoms with Crippen LogP contribution in [-0.2, 0) is 32.6 Å². The summed E-state index contributed by atoms with van der Waals surface area (Å²) in [4.78, 5) is 28.9. The predicted molar refractivity (Wildman–Crippen MR) is 162 cm³/mol. The average Bonchev–Trinajstić information content (AvgIpc) is 2.94. The van der Waals surface area contributed by atoms with Crippen molar-refractivity contribution in [2.24, 2.45) is 0 Å². The van der Waals surface area contributed by atoms with Crippen LogP contribution >= 0.6 is 11.6 Å². The van der Waals surface area contributed by atoms with Crippen LogP contribution in [0.25, 0.3) is 0 Å². The number of hydrogen-bond acceptors (Lipinski definition) is 4. The number of sulfonamides is 1. The maximum Gasteiger partial charge on any atom is 0.243 e. The van der Waals surface area contributed by atoms with E-state index in [0.29, 0.717) is 11.4 Å². The highest BCUT2D eigenvalue weighted by Crippen LogP contribution is 2.23. The Morgan fingerprint density at radius 1 is 0.951 bits per heavy atom. The molecule has 3 rings (SSSR count). The van der Waals surface area contributed by atoms with Crippen molar-refractivity contribution >= 4 is 39.1 Å². The fourth-order valence-corrected chi connectivity index (χ4v) is 5.51. The minimum atomic E-state index is -3.81. The molecule has 0 aliphatic heterocycles. The van der Waals surface area contributed by atoms with E-state index in [-0.39, 0.29) is 49.5 Å². The second kappa shape index (κ2) is 15.0. The molecule has 0 aromatic heterocycles. The smallest absolute Gasteiger partial charge is 0.243 e. The number of amides is 2. The number of carbonyl (C=O) groups is 2. The minimum Gasteiger partial charge on any atom is -0.352 e. The minimum absolute atomic E-state index is 0.0457. The maximum absolute atomic E-state index is 14.5. The molecule has 3 aromatic rings. The van der Waals surface area contributed by atoms with Crippen molar-refractivity contribution in [3.8, 4) is 0 Å². The molecule has 10 heteroatoms. The lowest BCUT2D eigenvalue weighted by Gasteiger charge is -2.32. The molecule has 0 saturated heterocycles. The van der Waals surface area contributed by atoms with Crippen molar-refractivity contribution in [2.75, 3.05) is 17.1 Å². The number of para-hydroxylation sites is 1. The summed E-state index contributed by atoms with van der Waals surface area (Å²) in [7, 11) is -3.81. The number of nitrogens with one attached hydrogen (secondary N) is 1. The molecule has 7 nitrogen and oxygen atoms in total. The van der Waals surface area contributed by atoms with Gasteiger partial charge in [-0.05, 0) is 55.2 Å². The number of rotatable bonds is 14. The third-order valence-electron chi connectivity index (χ3n) is 6.81. The molecule has 2 unspecified atom stereocenters. The van der Waals surface area contributed by atoms with E-state index in [1.54, 1.807) is 35.2 Å². The van der Waals surface area contributed by atoms with Gasteiger partial charge >= 0.3 is 0 Å². The lowest BCUT2D eigenvalue weighted by molar-refractivity contribution is -0.141. The molecule has 1 N–H and O–H groups in total. The highest BCUT2D eigenvalue weighted by atomic mass is 35.5. The van der Waals surface area contributed by atoms with Gasteiger partial charge in [-0.3, -0.25) is 13.9 Å². The van der Waals surface area contributed by atoms with Gasteiger partial charge < -0.3 is 10.2 Å². The zero-order valence-electron chi connectivity index (χ0n) is 23.6. The van der Waals surface area contributed by atoms with E-state index in [1.165, 1.54) is 18.2 Å². The Labute approximate surface area is 247 Å². The second-order valence-electron chi connectivity index (χ2n) is 10.1. The van der Waals surface area contributed by atoms with E-state index < -0.39 is 21.9 Å². The highest BCUT2D eigenvalue weighted by Gasteiger charge is 2.31. The first-order valence-corrected chi connectivity index (χ1v) is 15.8. The van der Waals surface area contributed by atoms with Gasteiger partial charge in [0, 0.05) is 37.0 Å². The van der Waals surface area contributed by atoms with Crippen molar-refractivity contribution in [1.29, 1.82) is 0 Å². The molecule has 0 aliphatic carbocycles. The second-order valence-corrected chi connectivity index (χ2v) is 12.4. The third kappa shape index (κ3) is 9.57. The van der Waals surface area contributed by atoms with Crippen LogP contribution in [0.15, 0.2) is 78.9 Å². The number of benzene rings is 3. The largest absolute Gasteiger partial charge is 0.352 e. The van der Waals surface area contributed by atoms with E-state index in [0.717, 1.165) is 28.1 Å². The summed E-state index contributed by atoms with van der Waals surface area (Å²) in [6, 6.07) is 21.2. The quantitative estimate of drug-likeness (QED) is 0.261. The SMILES string of the molecule is CCC(C)NC(=O)C(Cc1ccccc1)N(Cc1ccc(Cl)cc1)C(=O)CCCN(c1ccccc1F)S(C)(=O)=O. The molecule has 2 atom stereocenters. The van der Waals surface area contributed by atoms with Crippen LogP contribution in [0, 0.1) is 5.82 Å². The van der Waals surface area contributed by atoms with Gasteiger partial charge in [0.25, 0.3) is 0 Å². The molecule has 0 saturated carbocycles. The van der Waals surface area contributed by atoms with Gasteiger partial charge in [0.2, 0.25) is 21.8 Å². The zero-order chi connectivity index (χ0) is 30.0. The van der Waals surface area contributed by atoms with Crippen LogP contribution in [0.5, 0.6) is 0 Å². The molecular formula is C31H37ClFN3O4S. The summed E-state index contributed by atoms with van der Waals surface area (Å²) in [5, 5.41) is 3.57. The van der Waals surface area contributed by atoms with Crippen LogP contribution in [0.2, 0.25) is 5.02 Å². The molecule has 41 heavy (non-hydrogen) atoms. The first-order chi connectivity index (χ1) is 19.5. The number of nitrogens with zero attached hydrogens (tertiary/aromatic N) is 2. The van der Waals surface area contributed by atoms with E-state index >= 15 is 0 Å². The summed E-state index contributed by atoms with van der Waals surface area (Å²) in [5.41, 5.74) is 1.62. The van der Waals surface area contributed by atoms with Gasteiger partial charge in [0.1, 0.15) is 11.9 Å². The molecule has 2 amide bonds. The number of carbonyl (C=O) groups excluding carboxylic acids is 2. The Kier molecular flexibility index (Phi) is 11.7. The molecule has 0 radical (unpaired) electrons. The Morgan fingerprint density at radius 2 is 1.59 bits per heavy atom. The van der Waals surface area contributed by atoms with Gasteiger partial charge in [0.05, 0.1) is 11.9 Å². The van der Waals surface area contributed by atoms with Gasteiger partial charge in [-0.15, -0.1) is 0 Å². The molecule has 3 aromatic carbocycles. The van der Waals surface area contributed by atoms with Gasteiger partial charge in [-0.25, -0.2) is 12.8 Å². The Bertz CT molecular complexity index is 1400. The van der Waals surface area contributed by atoms with Crippen LogP contribution < -0.4 is 9.62 Å². The van der Waals surface area contributed by atoms with Crippen molar-refractivity contribution in [3.05, 3.63) is 101 Å². The van der Waals surface area contributed by atoms with E-state index in [2.05, 4.69) is 5.32 Å². The van der Waals surface area contributed by atoms with Crippen molar-refractivity contribution in [3.63, 3.8) is 0 Å². The van der Waals surface area contributed by atoms with Crippen LogP contribution in [-0.4, -0.2) is 50.0 Å². The van der Waals surface area contributed by atoms with Gasteiger partial charge in [-0.2, -0.15) is 0 Å². The first kappa shape index (κ1) is 32.1. The van der Waals surface area contributed by atoms with E-state index in [9.17, 15) is 22.4 Å². The standard InChI is InChI=1S/C31H37ClFN3O4S/c1-4-23(2)34-31(38)29(21-24-11-6-5-7-12-24)35(22-25-16-18-26(32)19-17-25)30(37)15-10-20-36(41(3,39)40)28-14-9-8-13-27(28)33/h5-9,11-14,16-19,23,29H,4,10,15,20-22H2,1-3H3,(H,34,38). The average molecular weight is 602 g/mol. The van der Waals surface area contributed by atoms with E-state index in [1.807, 2.05) is 44.2 Å². The first-order valence-electron chi connectivity index (χ1n) is 13.6. The number of hydrogen-bond donors (Lipinski definition) is 1. The lowest BCUT2D eigenvalue weighted by Crippen LogP contribution is -2.52. The zero-order valence-corrected chi connectivity index (χ0v) is 25.2. The summed E-state index contributed by atoms with van der Waals surface area (Å²) in [5.74, 6) is -1.25. The topological polar surface area (TPSA) is 86.8 Å². The molecule has 0 bridgehead atoms. The highest BCUT2D eigenvalue weighted by molar-refractivity contribution is 7.92. The van der Waals surface area contributed by atoms with Crippen LogP contribution in [0.1, 0.15) is 44.2 Å². The molecular weight excluding hydrogens is 565 g/mol. The van der Waals surface area contributed by atoms with Crippen molar-refractivity contribution < 1.29 is 22.4 Å². The van der Waals surface area contributed by atoms with Crippen LogP contribution in [0.3, 0.4) is 0 Å². The number of anilines is 1. The van der Waals surface area contributed by atoms with Gasteiger partial charge in [0.15, 0.2) is 0 Å². The normalized spacial score (nSPS) is 12.8. The third-order valence-corrected chi connectivity index (χ3v) is 8.24. The molecule has 0 fully saturated rings. The lowest BCUT2D eigenvalue weighted by atomic mass is 10.0. The maximum atomic E-state index is 14.5. The Balaban J connectivity index is 1.89. The summed E-state index contributed by atoms with van der Waals surface area (Å²) >= 11 is 6.08. The van der Waals surface area contributed by atoms with Crippen molar-refractivity contribution in [1.82, 2.24) is 10.2 Å². The fraction of sp³-hybridized carbons (Fsp3) is 0.355. The molecule has 0 aliphatic rings. The summed E-state index contributed by atoms with van der Waals surface area (Å²) in [6.07, 6.45) is 2.11. The van der Waals surface area contributed by atoms with Gasteiger partial charge in [-0.1, -0.05) is 73.1 Å². The Hall–Kier alpha value is -3.43. The summed E-state index contributed by atoms with van der Waals surface area (Å²) < 4.78 is 40.4.